The van der Waals surface area contributed by atoms with Crippen molar-refractivity contribution >= 4 is 17.0 Å². The lowest BCUT2D eigenvalue weighted by Gasteiger charge is -2.35. The van der Waals surface area contributed by atoms with Gasteiger partial charge in [0.15, 0.2) is 5.58 Å². The van der Waals surface area contributed by atoms with Crippen LogP contribution in [0.2, 0.25) is 0 Å². The highest BCUT2D eigenvalue weighted by molar-refractivity contribution is 5.78. The normalized spacial score (nSPS) is 19.8. The van der Waals surface area contributed by atoms with Crippen LogP contribution in [0.15, 0.2) is 33.5 Å². The van der Waals surface area contributed by atoms with E-state index in [0.29, 0.717) is 18.7 Å². The molecule has 0 saturated carbocycles. The number of carbonyl (C=O) groups excluding carboxylic acids is 1. The SMILES string of the molecule is O=C(CN1CCN(CCn2c(=O)oc3ccccc32)CC1)N1CCCCCC1. The fraction of sp³-hybridized carbons (Fsp3) is 0.619. The van der Waals surface area contributed by atoms with Gasteiger partial charge < -0.3 is 9.32 Å². The lowest BCUT2D eigenvalue weighted by atomic mass is 10.2. The summed E-state index contributed by atoms with van der Waals surface area (Å²) in [6.45, 7) is 7.49. The Morgan fingerprint density at radius 2 is 1.54 bits per heavy atom. The number of hydrogen-bond donors (Lipinski definition) is 0. The minimum atomic E-state index is -0.289. The van der Waals surface area contributed by atoms with Crippen LogP contribution in [0.1, 0.15) is 25.7 Å². The number of carbonyl (C=O) groups is 1. The van der Waals surface area contributed by atoms with Gasteiger partial charge in [-0.25, -0.2) is 4.79 Å². The van der Waals surface area contributed by atoms with Gasteiger partial charge in [-0.3, -0.25) is 19.2 Å². The highest BCUT2D eigenvalue weighted by atomic mass is 16.4. The third-order valence-corrected chi connectivity index (χ3v) is 6.00. The molecule has 3 heterocycles. The van der Waals surface area contributed by atoms with Crippen LogP contribution in [0, 0.1) is 0 Å². The van der Waals surface area contributed by atoms with Crippen LogP contribution in [0.4, 0.5) is 0 Å². The lowest BCUT2D eigenvalue weighted by Crippen LogP contribution is -2.50. The molecule has 0 aliphatic carbocycles. The fourth-order valence-electron chi connectivity index (χ4n) is 4.25. The topological polar surface area (TPSA) is 61.9 Å². The molecule has 0 spiro atoms. The van der Waals surface area contributed by atoms with Crippen LogP contribution < -0.4 is 5.76 Å². The van der Waals surface area contributed by atoms with Crippen LogP contribution in [0.5, 0.6) is 0 Å². The molecule has 7 heteroatoms. The van der Waals surface area contributed by atoms with Crippen molar-refractivity contribution in [3.05, 3.63) is 34.8 Å². The molecule has 28 heavy (non-hydrogen) atoms. The van der Waals surface area contributed by atoms with Gasteiger partial charge in [-0.1, -0.05) is 25.0 Å². The molecule has 4 rings (SSSR count). The summed E-state index contributed by atoms with van der Waals surface area (Å²) >= 11 is 0. The average Bonchev–Trinajstić information content (AvgIpc) is 2.87. The van der Waals surface area contributed by atoms with Gasteiger partial charge >= 0.3 is 5.76 Å². The average molecular weight is 386 g/mol. The van der Waals surface area contributed by atoms with Gasteiger partial charge in [-0.2, -0.15) is 0 Å². The maximum absolute atomic E-state index is 12.6. The van der Waals surface area contributed by atoms with E-state index < -0.39 is 0 Å². The first kappa shape index (κ1) is 19.2. The minimum Gasteiger partial charge on any atom is -0.408 e. The standard InChI is InChI=1S/C21H30N4O3/c26-20(24-9-5-1-2-6-10-24)17-23-13-11-22(12-14-23)15-16-25-18-7-3-4-8-19(18)28-21(25)27/h3-4,7-8H,1-2,5-6,9-17H2. The van der Waals surface area contributed by atoms with Gasteiger partial charge in [-0.15, -0.1) is 0 Å². The smallest absolute Gasteiger partial charge is 0.408 e. The molecule has 1 amide bonds. The van der Waals surface area contributed by atoms with Crippen LogP contribution in [-0.4, -0.2) is 77.5 Å². The molecule has 0 N–H and O–H groups in total. The van der Waals surface area contributed by atoms with Crippen LogP contribution in [0.3, 0.4) is 0 Å². The van der Waals surface area contributed by atoms with Crippen LogP contribution in [-0.2, 0) is 11.3 Å². The zero-order chi connectivity index (χ0) is 19.3. The van der Waals surface area contributed by atoms with E-state index in [1.165, 1.54) is 12.8 Å². The first-order chi connectivity index (χ1) is 13.7. The van der Waals surface area contributed by atoms with Crippen molar-refractivity contribution in [1.29, 1.82) is 0 Å². The minimum absolute atomic E-state index is 0.284. The summed E-state index contributed by atoms with van der Waals surface area (Å²) in [7, 11) is 0. The van der Waals surface area contributed by atoms with Crippen molar-refractivity contribution in [3.63, 3.8) is 0 Å². The maximum atomic E-state index is 12.6. The third kappa shape index (κ3) is 4.47. The van der Waals surface area contributed by atoms with E-state index in [2.05, 4.69) is 14.7 Å². The highest BCUT2D eigenvalue weighted by Gasteiger charge is 2.22. The molecular weight excluding hydrogens is 356 g/mol. The number of nitrogens with zero attached hydrogens (tertiary/aromatic N) is 4. The van der Waals surface area contributed by atoms with Gasteiger partial charge in [0, 0.05) is 52.4 Å². The van der Waals surface area contributed by atoms with Crippen molar-refractivity contribution in [2.75, 3.05) is 52.4 Å². The Morgan fingerprint density at radius 3 is 2.29 bits per heavy atom. The van der Waals surface area contributed by atoms with E-state index in [4.69, 9.17) is 4.42 Å². The zero-order valence-corrected chi connectivity index (χ0v) is 16.5. The summed E-state index contributed by atoms with van der Waals surface area (Å²) in [5, 5.41) is 0. The first-order valence-corrected chi connectivity index (χ1v) is 10.5. The number of rotatable bonds is 5. The molecule has 0 bridgehead atoms. The van der Waals surface area contributed by atoms with Crippen molar-refractivity contribution in [1.82, 2.24) is 19.3 Å². The van der Waals surface area contributed by atoms with E-state index in [-0.39, 0.29) is 11.7 Å². The Morgan fingerprint density at radius 1 is 0.857 bits per heavy atom. The molecule has 0 unspecified atom stereocenters. The number of piperazine rings is 1. The second-order valence-electron chi connectivity index (χ2n) is 7.90. The van der Waals surface area contributed by atoms with Crippen molar-refractivity contribution < 1.29 is 9.21 Å². The molecule has 2 aromatic rings. The lowest BCUT2D eigenvalue weighted by molar-refractivity contribution is -0.132. The predicted octanol–water partition coefficient (Wildman–Crippen LogP) is 1.61. The maximum Gasteiger partial charge on any atom is 0.419 e. The number of fused-ring (bicyclic) bond motifs is 1. The van der Waals surface area contributed by atoms with Crippen molar-refractivity contribution in [2.24, 2.45) is 0 Å². The first-order valence-electron chi connectivity index (χ1n) is 10.5. The summed E-state index contributed by atoms with van der Waals surface area (Å²) in [6.07, 6.45) is 4.78. The number of likely N-dealkylation sites (tertiary alicyclic amines) is 1. The molecule has 152 valence electrons. The molecule has 7 nitrogen and oxygen atoms in total. The molecule has 2 aliphatic rings. The molecule has 2 saturated heterocycles. The summed E-state index contributed by atoms with van der Waals surface area (Å²) < 4.78 is 7.02. The van der Waals surface area contributed by atoms with Crippen LogP contribution >= 0.6 is 0 Å². The van der Waals surface area contributed by atoms with Gasteiger partial charge in [0.05, 0.1) is 12.1 Å². The second kappa shape index (κ2) is 8.92. The summed E-state index contributed by atoms with van der Waals surface area (Å²) in [5.74, 6) is -0.00495. The van der Waals surface area contributed by atoms with Gasteiger partial charge in [0.2, 0.25) is 5.91 Å². The Labute approximate surface area is 165 Å². The summed E-state index contributed by atoms with van der Waals surface area (Å²) in [5.41, 5.74) is 1.50. The Bertz CT molecular complexity index is 843. The Balaban J connectivity index is 1.24. The second-order valence-corrected chi connectivity index (χ2v) is 7.90. The predicted molar refractivity (Wildman–Crippen MR) is 108 cm³/mol. The van der Waals surface area contributed by atoms with E-state index in [9.17, 15) is 9.59 Å². The molecular formula is C21H30N4O3. The van der Waals surface area contributed by atoms with Gasteiger partial charge in [0.1, 0.15) is 0 Å². The number of aromatic nitrogens is 1. The van der Waals surface area contributed by atoms with Gasteiger partial charge in [0.25, 0.3) is 0 Å². The number of hydrogen-bond acceptors (Lipinski definition) is 5. The molecule has 2 aliphatic heterocycles. The molecule has 1 aromatic carbocycles. The number of para-hydroxylation sites is 2. The summed E-state index contributed by atoms with van der Waals surface area (Å²) in [4.78, 5) is 31.3. The highest BCUT2D eigenvalue weighted by Crippen LogP contribution is 2.13. The molecule has 2 fully saturated rings. The largest absolute Gasteiger partial charge is 0.419 e. The van der Waals surface area contributed by atoms with Crippen molar-refractivity contribution in [2.45, 2.75) is 32.2 Å². The molecule has 0 radical (unpaired) electrons. The van der Waals surface area contributed by atoms with E-state index in [0.717, 1.165) is 64.2 Å². The third-order valence-electron chi connectivity index (χ3n) is 6.00. The van der Waals surface area contributed by atoms with E-state index >= 15 is 0 Å². The van der Waals surface area contributed by atoms with Crippen molar-refractivity contribution in [3.8, 4) is 0 Å². The monoisotopic (exact) mass is 386 g/mol. The molecule has 1 aromatic heterocycles. The van der Waals surface area contributed by atoms with Crippen LogP contribution in [0.25, 0.3) is 11.1 Å². The quantitative estimate of drug-likeness (QED) is 0.781. The van der Waals surface area contributed by atoms with E-state index in [1.807, 2.05) is 24.3 Å². The molecule has 0 atom stereocenters. The number of amides is 1. The van der Waals surface area contributed by atoms with Gasteiger partial charge in [-0.05, 0) is 25.0 Å². The number of oxazole rings is 1. The van der Waals surface area contributed by atoms with E-state index in [1.54, 1.807) is 4.57 Å². The Kier molecular flexibility index (Phi) is 6.12. The zero-order valence-electron chi connectivity index (χ0n) is 16.5. The number of benzene rings is 1. The Hall–Kier alpha value is -2.12. The fourth-order valence-corrected chi connectivity index (χ4v) is 4.25. The summed E-state index contributed by atoms with van der Waals surface area (Å²) in [6, 6.07) is 7.55.